The molecule has 1 amide bonds. The molecule has 0 aromatic heterocycles. The summed E-state index contributed by atoms with van der Waals surface area (Å²) in [7, 11) is 0. The third-order valence-corrected chi connectivity index (χ3v) is 4.58. The number of nitrogens with one attached hydrogen (secondary N) is 1. The van der Waals surface area contributed by atoms with Crippen LogP contribution < -0.4 is 14.8 Å². The summed E-state index contributed by atoms with van der Waals surface area (Å²) in [6.07, 6.45) is 4.88. The lowest BCUT2D eigenvalue weighted by molar-refractivity contribution is -0.117. The number of para-hydroxylation sites is 3. The largest absolute Gasteiger partial charge is 0.490 e. The molecule has 1 aliphatic rings. The smallest absolute Gasteiger partial charge is 0.238 e. The van der Waals surface area contributed by atoms with Gasteiger partial charge in [0.2, 0.25) is 5.91 Å². The second kappa shape index (κ2) is 10.6. The zero-order valence-electron chi connectivity index (χ0n) is 15.7. The Balaban J connectivity index is 1.47. The van der Waals surface area contributed by atoms with Crippen LogP contribution in [0.15, 0.2) is 54.6 Å². The molecule has 1 fully saturated rings. The van der Waals surface area contributed by atoms with E-state index in [2.05, 4.69) is 10.2 Å². The number of hydrogen-bond acceptors (Lipinski definition) is 4. The summed E-state index contributed by atoms with van der Waals surface area (Å²) in [5.74, 6) is 1.49. The van der Waals surface area contributed by atoms with Crippen molar-refractivity contribution in [1.29, 1.82) is 0 Å². The molecular weight excluding hydrogens is 340 g/mol. The highest BCUT2D eigenvalue weighted by Gasteiger charge is 2.14. The van der Waals surface area contributed by atoms with Gasteiger partial charge < -0.3 is 14.8 Å². The summed E-state index contributed by atoms with van der Waals surface area (Å²) in [6, 6.07) is 17.2. The van der Waals surface area contributed by atoms with Gasteiger partial charge in [-0.3, -0.25) is 9.69 Å². The van der Waals surface area contributed by atoms with Gasteiger partial charge in [-0.25, -0.2) is 0 Å². The van der Waals surface area contributed by atoms with Crippen molar-refractivity contribution in [2.75, 3.05) is 38.2 Å². The fraction of sp³-hybridized carbons (Fsp3) is 0.409. The lowest BCUT2D eigenvalue weighted by atomic mass is 10.2. The van der Waals surface area contributed by atoms with Crippen molar-refractivity contribution in [3.05, 3.63) is 54.6 Å². The molecule has 0 bridgehead atoms. The van der Waals surface area contributed by atoms with E-state index in [1.165, 1.54) is 25.7 Å². The molecule has 1 N–H and O–H groups in total. The first-order valence-electron chi connectivity index (χ1n) is 9.73. The van der Waals surface area contributed by atoms with Crippen LogP contribution in [-0.2, 0) is 4.79 Å². The summed E-state index contributed by atoms with van der Waals surface area (Å²) >= 11 is 0. The van der Waals surface area contributed by atoms with Crippen LogP contribution in [0.25, 0.3) is 0 Å². The van der Waals surface area contributed by atoms with Crippen LogP contribution in [-0.4, -0.2) is 43.7 Å². The maximum Gasteiger partial charge on any atom is 0.238 e. The van der Waals surface area contributed by atoms with Crippen molar-refractivity contribution in [3.63, 3.8) is 0 Å². The molecule has 1 heterocycles. The monoisotopic (exact) mass is 368 g/mol. The third kappa shape index (κ3) is 6.61. The van der Waals surface area contributed by atoms with Crippen molar-refractivity contribution >= 4 is 11.6 Å². The minimum Gasteiger partial charge on any atom is -0.490 e. The highest BCUT2D eigenvalue weighted by molar-refractivity contribution is 5.93. The average molecular weight is 368 g/mol. The average Bonchev–Trinajstić information content (AvgIpc) is 2.96. The van der Waals surface area contributed by atoms with E-state index in [0.29, 0.717) is 31.2 Å². The SMILES string of the molecule is O=C(CN1CCCCCC1)Nc1ccccc1OCCOc1ccccc1. The van der Waals surface area contributed by atoms with E-state index in [0.717, 1.165) is 18.8 Å². The van der Waals surface area contributed by atoms with E-state index >= 15 is 0 Å². The van der Waals surface area contributed by atoms with Crippen LogP contribution in [0.3, 0.4) is 0 Å². The number of anilines is 1. The Morgan fingerprint density at radius 2 is 1.52 bits per heavy atom. The number of ether oxygens (including phenoxy) is 2. The topological polar surface area (TPSA) is 50.8 Å². The summed E-state index contributed by atoms with van der Waals surface area (Å²) in [4.78, 5) is 14.7. The summed E-state index contributed by atoms with van der Waals surface area (Å²) in [6.45, 7) is 3.30. The van der Waals surface area contributed by atoms with E-state index in [1.54, 1.807) is 0 Å². The fourth-order valence-corrected chi connectivity index (χ4v) is 3.21. The zero-order chi connectivity index (χ0) is 18.7. The lowest BCUT2D eigenvalue weighted by Crippen LogP contribution is -2.34. The van der Waals surface area contributed by atoms with E-state index < -0.39 is 0 Å². The number of rotatable bonds is 8. The minimum absolute atomic E-state index is 0.00786. The normalized spacial score (nSPS) is 15.0. The van der Waals surface area contributed by atoms with Gasteiger partial charge >= 0.3 is 0 Å². The van der Waals surface area contributed by atoms with E-state index in [1.807, 2.05) is 54.6 Å². The lowest BCUT2D eigenvalue weighted by Gasteiger charge is -2.19. The Morgan fingerprint density at radius 3 is 2.30 bits per heavy atom. The van der Waals surface area contributed by atoms with Crippen LogP contribution in [0.5, 0.6) is 11.5 Å². The van der Waals surface area contributed by atoms with Gasteiger partial charge in [0.15, 0.2) is 0 Å². The number of benzene rings is 2. The van der Waals surface area contributed by atoms with Crippen LogP contribution in [0.4, 0.5) is 5.69 Å². The van der Waals surface area contributed by atoms with Crippen LogP contribution in [0.1, 0.15) is 25.7 Å². The number of amides is 1. The van der Waals surface area contributed by atoms with Gasteiger partial charge in [0.05, 0.1) is 12.2 Å². The molecule has 0 aliphatic carbocycles. The predicted molar refractivity (Wildman–Crippen MR) is 107 cm³/mol. The van der Waals surface area contributed by atoms with Crippen molar-refractivity contribution in [3.8, 4) is 11.5 Å². The van der Waals surface area contributed by atoms with Crippen LogP contribution in [0.2, 0.25) is 0 Å². The standard InChI is InChI=1S/C22H28N2O3/c25-22(18-24-14-8-1-2-9-15-24)23-20-12-6-7-13-21(20)27-17-16-26-19-10-4-3-5-11-19/h3-7,10-13H,1-2,8-9,14-18H2,(H,23,25). The molecule has 2 aromatic rings. The molecule has 3 rings (SSSR count). The number of carbonyl (C=O) groups excluding carboxylic acids is 1. The first-order chi connectivity index (χ1) is 13.3. The van der Waals surface area contributed by atoms with Crippen molar-refractivity contribution < 1.29 is 14.3 Å². The molecule has 0 unspecified atom stereocenters. The zero-order valence-corrected chi connectivity index (χ0v) is 15.7. The molecule has 0 atom stereocenters. The second-order valence-electron chi connectivity index (χ2n) is 6.74. The molecule has 2 aromatic carbocycles. The van der Waals surface area contributed by atoms with E-state index in [9.17, 15) is 4.79 Å². The Kier molecular flexibility index (Phi) is 7.54. The molecular formula is C22H28N2O3. The van der Waals surface area contributed by atoms with Gasteiger partial charge in [-0.05, 0) is 50.2 Å². The van der Waals surface area contributed by atoms with Gasteiger partial charge in [-0.2, -0.15) is 0 Å². The number of carbonyl (C=O) groups is 1. The molecule has 0 spiro atoms. The van der Waals surface area contributed by atoms with Crippen LogP contribution >= 0.6 is 0 Å². The molecule has 144 valence electrons. The first kappa shape index (κ1) is 19.2. The maximum absolute atomic E-state index is 12.4. The van der Waals surface area contributed by atoms with Crippen molar-refractivity contribution in [1.82, 2.24) is 4.90 Å². The maximum atomic E-state index is 12.4. The van der Waals surface area contributed by atoms with Gasteiger partial charge in [-0.1, -0.05) is 43.2 Å². The number of hydrogen-bond donors (Lipinski definition) is 1. The number of nitrogens with zero attached hydrogens (tertiary/aromatic N) is 1. The quantitative estimate of drug-likeness (QED) is 0.717. The Hall–Kier alpha value is -2.53. The van der Waals surface area contributed by atoms with E-state index in [-0.39, 0.29) is 5.91 Å². The fourth-order valence-electron chi connectivity index (χ4n) is 3.21. The van der Waals surface area contributed by atoms with E-state index in [4.69, 9.17) is 9.47 Å². The summed E-state index contributed by atoms with van der Waals surface area (Å²) in [5, 5.41) is 2.99. The van der Waals surface area contributed by atoms with Crippen LogP contribution in [0, 0.1) is 0 Å². The van der Waals surface area contributed by atoms with Gasteiger partial charge in [0.25, 0.3) is 0 Å². The van der Waals surface area contributed by atoms with Gasteiger partial charge in [-0.15, -0.1) is 0 Å². The van der Waals surface area contributed by atoms with Gasteiger partial charge in [0.1, 0.15) is 24.7 Å². The second-order valence-corrected chi connectivity index (χ2v) is 6.74. The van der Waals surface area contributed by atoms with Gasteiger partial charge in [0, 0.05) is 0 Å². The molecule has 0 saturated carbocycles. The number of likely N-dealkylation sites (tertiary alicyclic amines) is 1. The molecule has 5 nitrogen and oxygen atoms in total. The molecule has 1 saturated heterocycles. The Labute approximate surface area is 161 Å². The minimum atomic E-state index is 0.00786. The Morgan fingerprint density at radius 1 is 0.852 bits per heavy atom. The molecule has 5 heteroatoms. The predicted octanol–water partition coefficient (Wildman–Crippen LogP) is 3.96. The highest BCUT2D eigenvalue weighted by Crippen LogP contribution is 2.24. The summed E-state index contributed by atoms with van der Waals surface area (Å²) < 4.78 is 11.5. The molecule has 1 aliphatic heterocycles. The summed E-state index contributed by atoms with van der Waals surface area (Å²) in [5.41, 5.74) is 0.706. The molecule has 0 radical (unpaired) electrons. The first-order valence-corrected chi connectivity index (χ1v) is 9.73. The third-order valence-electron chi connectivity index (χ3n) is 4.58. The van der Waals surface area contributed by atoms with Crippen molar-refractivity contribution in [2.45, 2.75) is 25.7 Å². The highest BCUT2D eigenvalue weighted by atomic mass is 16.5. The van der Waals surface area contributed by atoms with Crippen molar-refractivity contribution in [2.24, 2.45) is 0 Å². The Bertz CT molecular complexity index is 698. The molecule has 27 heavy (non-hydrogen) atoms.